The lowest BCUT2D eigenvalue weighted by atomic mass is 10.1. The van der Waals surface area contributed by atoms with Gasteiger partial charge < -0.3 is 4.74 Å². The van der Waals surface area contributed by atoms with E-state index in [4.69, 9.17) is 10.00 Å². The number of aromatic nitrogens is 1. The van der Waals surface area contributed by atoms with Gasteiger partial charge in [-0.2, -0.15) is 5.26 Å². The first-order chi connectivity index (χ1) is 11.5. The molecule has 7 nitrogen and oxygen atoms in total. The molecule has 0 bridgehead atoms. The van der Waals surface area contributed by atoms with E-state index in [2.05, 4.69) is 4.98 Å². The third kappa shape index (κ3) is 4.01. The highest BCUT2D eigenvalue weighted by Gasteiger charge is 2.16. The molecular weight excluding hydrogens is 310 g/mol. The zero-order valence-electron chi connectivity index (χ0n) is 12.8. The highest BCUT2D eigenvalue weighted by molar-refractivity contribution is 6.21. The summed E-state index contributed by atoms with van der Waals surface area (Å²) in [7, 11) is 0. The number of nitriles is 1. The third-order valence-electron chi connectivity index (χ3n) is 3.08. The summed E-state index contributed by atoms with van der Waals surface area (Å²) < 4.78 is 5.02. The van der Waals surface area contributed by atoms with Crippen LogP contribution in [0.15, 0.2) is 42.6 Å². The predicted octanol–water partition coefficient (Wildman–Crippen LogP) is 2.97. The Kier molecular flexibility index (Phi) is 5.36. The Bertz CT molecular complexity index is 818. The average molecular weight is 323 g/mol. The molecule has 120 valence electrons. The van der Waals surface area contributed by atoms with Crippen LogP contribution in [0.5, 0.6) is 0 Å². The molecule has 0 aliphatic rings. The minimum atomic E-state index is -0.580. The summed E-state index contributed by atoms with van der Waals surface area (Å²) in [5.41, 5.74) is 1.45. The standard InChI is InChI=1S/C17H13N3O4/c1-2-24-17(21)15(9-12-3-5-13(10-18)6-4-12)16-8-7-14(11-19-16)20(22)23/h3-9,11H,2H2,1H3/b15-9+. The molecule has 1 aromatic heterocycles. The number of esters is 1. The Morgan fingerprint density at radius 1 is 1.33 bits per heavy atom. The second kappa shape index (κ2) is 7.65. The minimum absolute atomic E-state index is 0.166. The van der Waals surface area contributed by atoms with Crippen LogP contribution >= 0.6 is 0 Å². The third-order valence-corrected chi connectivity index (χ3v) is 3.08. The molecule has 0 aliphatic carbocycles. The van der Waals surface area contributed by atoms with Crippen molar-refractivity contribution in [1.29, 1.82) is 5.26 Å². The van der Waals surface area contributed by atoms with Crippen LogP contribution < -0.4 is 0 Å². The van der Waals surface area contributed by atoms with E-state index in [9.17, 15) is 14.9 Å². The largest absolute Gasteiger partial charge is 0.462 e. The van der Waals surface area contributed by atoms with Crippen LogP contribution in [0.1, 0.15) is 23.7 Å². The van der Waals surface area contributed by atoms with Gasteiger partial charge >= 0.3 is 5.97 Å². The van der Waals surface area contributed by atoms with Gasteiger partial charge in [-0.1, -0.05) is 12.1 Å². The summed E-state index contributed by atoms with van der Waals surface area (Å²) in [5, 5.41) is 19.5. The highest BCUT2D eigenvalue weighted by atomic mass is 16.6. The van der Waals surface area contributed by atoms with E-state index in [1.54, 1.807) is 37.3 Å². The van der Waals surface area contributed by atoms with Crippen molar-refractivity contribution in [2.24, 2.45) is 0 Å². The van der Waals surface area contributed by atoms with Gasteiger partial charge in [-0.3, -0.25) is 10.1 Å². The molecule has 0 radical (unpaired) electrons. The molecule has 0 saturated carbocycles. The van der Waals surface area contributed by atoms with E-state index < -0.39 is 10.9 Å². The zero-order chi connectivity index (χ0) is 17.5. The molecule has 0 atom stereocenters. The second-order valence-corrected chi connectivity index (χ2v) is 4.67. The summed E-state index contributed by atoms with van der Waals surface area (Å²) in [6.45, 7) is 1.87. The molecule has 0 fully saturated rings. The van der Waals surface area contributed by atoms with Gasteiger partial charge in [-0.25, -0.2) is 9.78 Å². The molecule has 0 aliphatic heterocycles. The van der Waals surface area contributed by atoms with Gasteiger partial charge in [0.1, 0.15) is 6.20 Å². The van der Waals surface area contributed by atoms with Crippen molar-refractivity contribution in [1.82, 2.24) is 4.98 Å². The van der Waals surface area contributed by atoms with E-state index in [0.29, 0.717) is 11.1 Å². The maximum atomic E-state index is 12.2. The van der Waals surface area contributed by atoms with Crippen LogP contribution in [0.3, 0.4) is 0 Å². The fourth-order valence-corrected chi connectivity index (χ4v) is 1.92. The van der Waals surface area contributed by atoms with Crippen LogP contribution in [-0.4, -0.2) is 22.5 Å². The second-order valence-electron chi connectivity index (χ2n) is 4.67. The number of pyridine rings is 1. The first kappa shape index (κ1) is 16.8. The normalized spacial score (nSPS) is 10.8. The van der Waals surface area contributed by atoms with Crippen molar-refractivity contribution in [3.05, 3.63) is 69.5 Å². The number of hydrogen-bond acceptors (Lipinski definition) is 6. The topological polar surface area (TPSA) is 106 Å². The molecule has 2 aromatic rings. The maximum Gasteiger partial charge on any atom is 0.340 e. The van der Waals surface area contributed by atoms with Gasteiger partial charge in [0.15, 0.2) is 0 Å². The molecule has 1 aromatic carbocycles. The van der Waals surface area contributed by atoms with E-state index in [1.807, 2.05) is 6.07 Å². The first-order valence-corrected chi connectivity index (χ1v) is 7.05. The van der Waals surface area contributed by atoms with Gasteiger partial charge in [0, 0.05) is 6.07 Å². The quantitative estimate of drug-likeness (QED) is 0.362. The summed E-state index contributed by atoms with van der Waals surface area (Å²) in [4.78, 5) is 26.3. The molecule has 7 heteroatoms. The Hall–Kier alpha value is -3.53. The molecule has 2 rings (SSSR count). The van der Waals surface area contributed by atoms with Crippen molar-refractivity contribution in [3.63, 3.8) is 0 Å². The van der Waals surface area contributed by atoms with Crippen LogP contribution in [0, 0.1) is 21.4 Å². The van der Waals surface area contributed by atoms with Crippen molar-refractivity contribution >= 4 is 23.3 Å². The monoisotopic (exact) mass is 323 g/mol. The molecule has 0 saturated heterocycles. The number of ether oxygens (including phenoxy) is 1. The van der Waals surface area contributed by atoms with Crippen LogP contribution in [-0.2, 0) is 9.53 Å². The van der Waals surface area contributed by atoms with E-state index in [1.165, 1.54) is 12.1 Å². The average Bonchev–Trinajstić information content (AvgIpc) is 2.60. The molecule has 0 unspecified atom stereocenters. The van der Waals surface area contributed by atoms with Gasteiger partial charge in [0.2, 0.25) is 0 Å². The number of benzene rings is 1. The van der Waals surface area contributed by atoms with Gasteiger partial charge in [0.25, 0.3) is 5.69 Å². The lowest BCUT2D eigenvalue weighted by Gasteiger charge is -2.07. The summed E-state index contributed by atoms with van der Waals surface area (Å²) in [5.74, 6) is -0.580. The molecule has 1 heterocycles. The Morgan fingerprint density at radius 3 is 2.54 bits per heavy atom. The maximum absolute atomic E-state index is 12.2. The van der Waals surface area contributed by atoms with Crippen molar-refractivity contribution < 1.29 is 14.5 Å². The van der Waals surface area contributed by atoms with Gasteiger partial charge in [0.05, 0.1) is 34.4 Å². The highest BCUT2D eigenvalue weighted by Crippen LogP contribution is 2.20. The van der Waals surface area contributed by atoms with E-state index >= 15 is 0 Å². The number of carbonyl (C=O) groups is 1. The van der Waals surface area contributed by atoms with E-state index in [0.717, 1.165) is 6.20 Å². The first-order valence-electron chi connectivity index (χ1n) is 7.05. The number of nitrogens with zero attached hydrogens (tertiary/aromatic N) is 3. The van der Waals surface area contributed by atoms with Crippen LogP contribution in [0.25, 0.3) is 11.6 Å². The number of carbonyl (C=O) groups excluding carboxylic acids is 1. The van der Waals surface area contributed by atoms with Gasteiger partial charge in [-0.05, 0) is 36.8 Å². The van der Waals surface area contributed by atoms with Crippen LogP contribution in [0.4, 0.5) is 5.69 Å². The fourth-order valence-electron chi connectivity index (χ4n) is 1.92. The minimum Gasteiger partial charge on any atom is -0.462 e. The van der Waals surface area contributed by atoms with Crippen molar-refractivity contribution in [3.8, 4) is 6.07 Å². The predicted molar refractivity (Wildman–Crippen MR) is 86.6 cm³/mol. The molecular formula is C17H13N3O4. The zero-order valence-corrected chi connectivity index (χ0v) is 12.8. The van der Waals surface area contributed by atoms with Crippen molar-refractivity contribution in [2.75, 3.05) is 6.61 Å². The smallest absolute Gasteiger partial charge is 0.340 e. The SMILES string of the molecule is CCOC(=O)/C(=C/c1ccc(C#N)cc1)c1ccc([N+](=O)[O-])cn1. The molecule has 0 amide bonds. The molecule has 0 N–H and O–H groups in total. The van der Waals surface area contributed by atoms with Gasteiger partial charge in [-0.15, -0.1) is 0 Å². The Morgan fingerprint density at radius 2 is 2.04 bits per heavy atom. The Balaban J connectivity index is 2.43. The van der Waals surface area contributed by atoms with E-state index in [-0.39, 0.29) is 23.6 Å². The lowest BCUT2D eigenvalue weighted by molar-refractivity contribution is -0.385. The summed E-state index contributed by atoms with van der Waals surface area (Å²) in [6, 6.07) is 11.3. The summed E-state index contributed by atoms with van der Waals surface area (Å²) >= 11 is 0. The summed E-state index contributed by atoms with van der Waals surface area (Å²) in [6.07, 6.45) is 2.65. The van der Waals surface area contributed by atoms with Crippen molar-refractivity contribution in [2.45, 2.75) is 6.92 Å². The lowest BCUT2D eigenvalue weighted by Crippen LogP contribution is -2.08. The fraction of sp³-hybridized carbons (Fsp3) is 0.118. The van der Waals surface area contributed by atoms with Crippen LogP contribution in [0.2, 0.25) is 0 Å². The number of nitro groups is 1. The number of hydrogen-bond donors (Lipinski definition) is 0. The molecule has 24 heavy (non-hydrogen) atoms. The Labute approximate surface area is 138 Å². The molecule has 0 spiro atoms. The number of rotatable bonds is 5.